The number of carboxylic acid groups (broad SMARTS) is 1. The van der Waals surface area contributed by atoms with Crippen molar-refractivity contribution in [3.63, 3.8) is 0 Å². The minimum absolute atomic E-state index is 0.397. The third-order valence-corrected chi connectivity index (χ3v) is 2.57. The average molecular weight is 243 g/mol. The predicted octanol–water partition coefficient (Wildman–Crippen LogP) is 0.757. The molecule has 0 saturated heterocycles. The minimum Gasteiger partial charge on any atom is -0.480 e. The lowest BCUT2D eigenvalue weighted by atomic mass is 10.1. The van der Waals surface area contributed by atoms with E-state index in [9.17, 15) is 4.79 Å². The fourth-order valence-corrected chi connectivity index (χ4v) is 1.39. The van der Waals surface area contributed by atoms with Gasteiger partial charge in [0.1, 0.15) is 5.54 Å². The first-order valence-corrected chi connectivity index (χ1v) is 4.99. The van der Waals surface area contributed by atoms with Gasteiger partial charge in [-0.3, -0.25) is 8.32 Å². The average Bonchev–Trinajstić information content (AvgIpc) is 1.65. The normalized spacial score (nSPS) is 11.3. The fourth-order valence-electron chi connectivity index (χ4n) is 0.207. The molecule has 0 aliphatic rings. The van der Waals surface area contributed by atoms with Gasteiger partial charge in [-0.2, -0.15) is 0 Å². The SMILES string of the molecule is C=INC(C)(C)C(=O)O. The molecule has 0 fully saturated rings. The molecular formula is C5H10INO2. The van der Waals surface area contributed by atoms with Crippen LogP contribution in [0.25, 0.3) is 0 Å². The van der Waals surface area contributed by atoms with Gasteiger partial charge in [-0.15, -0.1) is 0 Å². The Hall–Kier alpha value is 0.0300. The second-order valence-electron chi connectivity index (χ2n) is 2.16. The Morgan fingerprint density at radius 3 is 2.33 bits per heavy atom. The molecule has 0 aliphatic heterocycles. The van der Waals surface area contributed by atoms with Gasteiger partial charge in [-0.25, -0.2) is 0 Å². The van der Waals surface area contributed by atoms with E-state index in [1.807, 2.05) is 0 Å². The van der Waals surface area contributed by atoms with Crippen LogP contribution in [0.15, 0.2) is 0 Å². The summed E-state index contributed by atoms with van der Waals surface area (Å²) in [6, 6.07) is 0. The van der Waals surface area contributed by atoms with E-state index in [1.165, 1.54) is 0 Å². The molecule has 0 saturated carbocycles. The highest BCUT2D eigenvalue weighted by Crippen LogP contribution is 2.05. The molecule has 0 rings (SSSR count). The Labute approximate surface area is 64.6 Å². The van der Waals surface area contributed by atoms with Crippen LogP contribution in [-0.2, 0) is 4.79 Å². The largest absolute Gasteiger partial charge is 0.480 e. The molecule has 0 heterocycles. The van der Waals surface area contributed by atoms with E-state index in [-0.39, 0.29) is 0 Å². The third kappa shape index (κ3) is 2.90. The summed E-state index contributed by atoms with van der Waals surface area (Å²) in [4.78, 5) is 10.3. The van der Waals surface area contributed by atoms with E-state index in [2.05, 4.69) is 8.04 Å². The number of aliphatic carboxylic acids is 1. The van der Waals surface area contributed by atoms with Crippen LogP contribution < -0.4 is 3.53 Å². The maximum Gasteiger partial charge on any atom is 0.324 e. The Bertz CT molecular complexity index is 133. The van der Waals surface area contributed by atoms with Gasteiger partial charge in [0, 0.05) is 0 Å². The maximum absolute atomic E-state index is 10.3. The van der Waals surface area contributed by atoms with Gasteiger partial charge in [0.15, 0.2) is 0 Å². The Morgan fingerprint density at radius 2 is 2.22 bits per heavy atom. The van der Waals surface area contributed by atoms with Crippen molar-refractivity contribution in [2.75, 3.05) is 0 Å². The van der Waals surface area contributed by atoms with E-state index in [0.717, 1.165) is 0 Å². The number of carbonyl (C=O) groups is 1. The minimum atomic E-state index is -0.828. The lowest BCUT2D eigenvalue weighted by Crippen LogP contribution is -2.41. The van der Waals surface area contributed by atoms with Crippen molar-refractivity contribution in [1.82, 2.24) is 3.53 Å². The molecule has 0 bridgehead atoms. The van der Waals surface area contributed by atoms with E-state index in [0.29, 0.717) is 0 Å². The molecule has 3 nitrogen and oxygen atoms in total. The van der Waals surface area contributed by atoms with Crippen molar-refractivity contribution < 1.29 is 9.90 Å². The number of nitrogens with one attached hydrogen (secondary N) is 1. The molecule has 9 heavy (non-hydrogen) atoms. The number of hydrogen-bond acceptors (Lipinski definition) is 2. The summed E-state index contributed by atoms with van der Waals surface area (Å²) in [6.45, 7) is 3.25. The van der Waals surface area contributed by atoms with Crippen LogP contribution >= 0.6 is 21.0 Å². The van der Waals surface area contributed by atoms with Crippen molar-refractivity contribution in [2.24, 2.45) is 0 Å². The molecule has 0 radical (unpaired) electrons. The zero-order valence-electron chi connectivity index (χ0n) is 5.44. The molecule has 54 valence electrons. The summed E-state index contributed by atoms with van der Waals surface area (Å²) in [5.41, 5.74) is -0.797. The van der Waals surface area contributed by atoms with Crippen LogP contribution in [0.5, 0.6) is 0 Å². The summed E-state index contributed by atoms with van der Waals surface area (Å²) < 4.78 is 6.41. The van der Waals surface area contributed by atoms with Crippen molar-refractivity contribution in [3.8, 4) is 0 Å². The molecule has 0 aromatic rings. The number of carboxylic acids is 1. The number of rotatable bonds is 3. The zero-order chi connectivity index (χ0) is 7.49. The highest BCUT2D eigenvalue weighted by Gasteiger charge is 2.24. The highest BCUT2D eigenvalue weighted by molar-refractivity contribution is 14.2. The fraction of sp³-hybridized carbons (Fsp3) is 0.600. The number of halogens is 1. The molecule has 0 unspecified atom stereocenters. The molecule has 0 aromatic heterocycles. The first kappa shape index (κ1) is 9.03. The summed E-state index contributed by atoms with van der Waals surface area (Å²) in [7, 11) is 0. The number of hydrogen-bond donors (Lipinski definition) is 2. The van der Waals surface area contributed by atoms with E-state index in [1.54, 1.807) is 13.8 Å². The summed E-state index contributed by atoms with van der Waals surface area (Å²) in [5, 5.41) is 8.50. The lowest BCUT2D eigenvalue weighted by Gasteiger charge is -2.16. The standard InChI is InChI=1S/C5H10INO2/c1-5(2,4(8)9)7-6-3/h7H,3H2,1-2H3,(H,8,9). The van der Waals surface area contributed by atoms with E-state index >= 15 is 0 Å². The first-order chi connectivity index (χ1) is 4.00. The molecule has 2 N–H and O–H groups in total. The lowest BCUT2D eigenvalue weighted by molar-refractivity contribution is -0.142. The molecule has 0 atom stereocenters. The summed E-state index contributed by atoms with van der Waals surface area (Å²) in [5.74, 6) is -0.828. The van der Waals surface area contributed by atoms with Gasteiger partial charge < -0.3 is 5.11 Å². The summed E-state index contributed by atoms with van der Waals surface area (Å²) in [6.07, 6.45) is 0. The smallest absolute Gasteiger partial charge is 0.324 e. The zero-order valence-corrected chi connectivity index (χ0v) is 7.60. The second-order valence-corrected chi connectivity index (χ2v) is 3.46. The molecule has 0 spiro atoms. The van der Waals surface area contributed by atoms with Crippen LogP contribution in [-0.4, -0.2) is 21.1 Å². The Balaban J connectivity index is 4.00. The summed E-state index contributed by atoms with van der Waals surface area (Å²) >= 11 is -0.397. The van der Waals surface area contributed by atoms with Crippen molar-refractivity contribution in [1.29, 1.82) is 0 Å². The molecule has 0 aromatic carbocycles. The van der Waals surface area contributed by atoms with Gasteiger partial charge in [-0.05, 0) is 34.9 Å². The van der Waals surface area contributed by atoms with Gasteiger partial charge in [0.05, 0.1) is 0 Å². The second kappa shape index (κ2) is 3.26. The Kier molecular flexibility index (Phi) is 3.27. The molecular weight excluding hydrogens is 233 g/mol. The van der Waals surface area contributed by atoms with Crippen LogP contribution in [0.1, 0.15) is 13.8 Å². The predicted molar refractivity (Wildman–Crippen MR) is 46.0 cm³/mol. The molecule has 0 amide bonds. The van der Waals surface area contributed by atoms with Gasteiger partial charge >= 0.3 is 5.97 Å². The Morgan fingerprint density at radius 1 is 1.78 bits per heavy atom. The van der Waals surface area contributed by atoms with Crippen molar-refractivity contribution >= 4 is 31.5 Å². The molecule has 0 aliphatic carbocycles. The topological polar surface area (TPSA) is 49.3 Å². The van der Waals surface area contributed by atoms with Crippen LogP contribution in [0.3, 0.4) is 0 Å². The quantitative estimate of drug-likeness (QED) is 0.568. The first-order valence-electron chi connectivity index (χ1n) is 2.38. The molecule has 4 heteroatoms. The monoisotopic (exact) mass is 243 g/mol. The van der Waals surface area contributed by atoms with E-state index < -0.39 is 32.5 Å². The van der Waals surface area contributed by atoms with Gasteiger partial charge in [-0.1, -0.05) is 4.51 Å². The van der Waals surface area contributed by atoms with Crippen molar-refractivity contribution in [2.45, 2.75) is 19.4 Å². The maximum atomic E-state index is 10.3. The van der Waals surface area contributed by atoms with Crippen molar-refractivity contribution in [3.05, 3.63) is 0 Å². The third-order valence-electron chi connectivity index (χ3n) is 0.838. The van der Waals surface area contributed by atoms with Crippen LogP contribution in [0.2, 0.25) is 0 Å². The van der Waals surface area contributed by atoms with Crippen LogP contribution in [0.4, 0.5) is 0 Å². The van der Waals surface area contributed by atoms with Crippen LogP contribution in [0, 0.1) is 0 Å². The van der Waals surface area contributed by atoms with Gasteiger partial charge in [0.25, 0.3) is 0 Å². The highest BCUT2D eigenvalue weighted by atomic mass is 127. The van der Waals surface area contributed by atoms with E-state index in [4.69, 9.17) is 5.11 Å². The van der Waals surface area contributed by atoms with Gasteiger partial charge in [0.2, 0.25) is 0 Å².